The molecule has 0 atom stereocenters. The van der Waals surface area contributed by atoms with Gasteiger partial charge in [0.15, 0.2) is 5.82 Å². The van der Waals surface area contributed by atoms with Crippen LogP contribution in [0.3, 0.4) is 0 Å². The second-order valence-electron chi connectivity index (χ2n) is 8.52. The number of piperidine rings is 1. The van der Waals surface area contributed by atoms with Crippen molar-refractivity contribution in [3.8, 4) is 0 Å². The first-order chi connectivity index (χ1) is 15.2. The van der Waals surface area contributed by atoms with E-state index in [0.717, 1.165) is 44.2 Å². The van der Waals surface area contributed by atoms with Crippen LogP contribution in [0.5, 0.6) is 0 Å². The number of aromatic nitrogens is 2. The van der Waals surface area contributed by atoms with E-state index in [2.05, 4.69) is 15.5 Å². The van der Waals surface area contributed by atoms with Gasteiger partial charge in [0.1, 0.15) is 11.4 Å². The molecule has 2 aliphatic rings. The maximum absolute atomic E-state index is 13.4. The number of nitrogens with zero attached hydrogens (tertiary/aromatic N) is 3. The predicted octanol–water partition coefficient (Wildman–Crippen LogP) is 3.55. The average Bonchev–Trinajstić information content (AvgIpc) is 3.23. The van der Waals surface area contributed by atoms with E-state index in [-0.39, 0.29) is 34.8 Å². The zero-order chi connectivity index (χ0) is 22.9. The first-order valence-corrected chi connectivity index (χ1v) is 12.6. The molecule has 1 amide bonds. The van der Waals surface area contributed by atoms with Crippen LogP contribution in [0, 0.1) is 18.7 Å². The molecule has 1 aromatic carbocycles. The molecule has 8 nitrogen and oxygen atoms in total. The molecule has 1 aromatic heterocycles. The Labute approximate surface area is 191 Å². The fourth-order valence-electron chi connectivity index (χ4n) is 4.54. The van der Waals surface area contributed by atoms with Gasteiger partial charge < -0.3 is 9.84 Å². The van der Waals surface area contributed by atoms with Crippen LogP contribution >= 0.6 is 11.6 Å². The molecule has 2 aromatic rings. The Morgan fingerprint density at radius 2 is 1.94 bits per heavy atom. The lowest BCUT2D eigenvalue weighted by Gasteiger charge is -2.38. The summed E-state index contributed by atoms with van der Waals surface area (Å²) in [7, 11) is -3.81. The summed E-state index contributed by atoms with van der Waals surface area (Å²) >= 11 is 5.75. The number of aryl methyl sites for hydroxylation is 1. The van der Waals surface area contributed by atoms with Gasteiger partial charge in [-0.25, -0.2) is 12.8 Å². The van der Waals surface area contributed by atoms with Crippen molar-refractivity contribution in [1.29, 1.82) is 0 Å². The Kier molecular flexibility index (Phi) is 6.56. The molecule has 2 fully saturated rings. The molecule has 11 heteroatoms. The Morgan fingerprint density at radius 3 is 2.53 bits per heavy atom. The summed E-state index contributed by atoms with van der Waals surface area (Å²) in [4.78, 5) is 17.5. The standard InChI is InChI=1S/C21H26ClFN4O4S/c1-14-24-20(26-31-14)21(9-3-2-4-10-21)25-19(28)15-7-11-27(12-8-15)32(29,30)16-5-6-18(23)17(22)13-16/h5-6,13,15H,2-4,7-12H2,1H3,(H,25,28). The zero-order valence-corrected chi connectivity index (χ0v) is 19.4. The predicted molar refractivity (Wildman–Crippen MR) is 115 cm³/mol. The molecular formula is C21H26ClFN4O4S. The van der Waals surface area contributed by atoms with Crippen molar-refractivity contribution in [2.75, 3.05) is 13.1 Å². The summed E-state index contributed by atoms with van der Waals surface area (Å²) in [6.45, 7) is 2.12. The first-order valence-electron chi connectivity index (χ1n) is 10.8. The van der Waals surface area contributed by atoms with Crippen LogP contribution in [0.2, 0.25) is 5.02 Å². The van der Waals surface area contributed by atoms with Crippen molar-refractivity contribution in [3.05, 3.63) is 40.8 Å². The van der Waals surface area contributed by atoms with E-state index in [1.54, 1.807) is 6.92 Å². The minimum Gasteiger partial charge on any atom is -0.343 e. The monoisotopic (exact) mass is 484 g/mol. The number of rotatable bonds is 5. The summed E-state index contributed by atoms with van der Waals surface area (Å²) in [6, 6.07) is 3.36. The third-order valence-electron chi connectivity index (χ3n) is 6.38. The lowest BCUT2D eigenvalue weighted by Crippen LogP contribution is -2.51. The number of halogens is 2. The normalized spacial score (nSPS) is 20.2. The topological polar surface area (TPSA) is 105 Å². The van der Waals surface area contributed by atoms with E-state index in [1.807, 2.05) is 0 Å². The van der Waals surface area contributed by atoms with Crippen molar-refractivity contribution in [2.24, 2.45) is 5.92 Å². The summed E-state index contributed by atoms with van der Waals surface area (Å²) in [6.07, 6.45) is 5.29. The fourth-order valence-corrected chi connectivity index (χ4v) is 6.28. The molecule has 1 aliphatic carbocycles. The van der Waals surface area contributed by atoms with Gasteiger partial charge in [0.05, 0.1) is 9.92 Å². The number of amides is 1. The largest absolute Gasteiger partial charge is 0.343 e. The molecule has 0 radical (unpaired) electrons. The summed E-state index contributed by atoms with van der Waals surface area (Å²) in [5.41, 5.74) is -0.638. The Hall–Kier alpha value is -2.04. The van der Waals surface area contributed by atoms with Gasteiger partial charge in [0.2, 0.25) is 21.8 Å². The van der Waals surface area contributed by atoms with Gasteiger partial charge in [-0.05, 0) is 43.9 Å². The third kappa shape index (κ3) is 4.53. The molecule has 4 rings (SSSR count). The maximum Gasteiger partial charge on any atom is 0.243 e. The number of sulfonamides is 1. The molecule has 2 heterocycles. The van der Waals surface area contributed by atoms with Gasteiger partial charge in [0.25, 0.3) is 0 Å². The molecule has 32 heavy (non-hydrogen) atoms. The van der Waals surface area contributed by atoms with Gasteiger partial charge in [-0.1, -0.05) is 36.0 Å². The third-order valence-corrected chi connectivity index (χ3v) is 8.56. The summed E-state index contributed by atoms with van der Waals surface area (Å²) < 4.78 is 45.7. The van der Waals surface area contributed by atoms with Crippen molar-refractivity contribution in [2.45, 2.75) is 62.3 Å². The van der Waals surface area contributed by atoms with Crippen LogP contribution in [0.25, 0.3) is 0 Å². The average molecular weight is 485 g/mol. The van der Waals surface area contributed by atoms with Gasteiger partial charge in [0, 0.05) is 25.9 Å². The second-order valence-corrected chi connectivity index (χ2v) is 10.9. The first kappa shape index (κ1) is 23.1. The van der Waals surface area contributed by atoms with Gasteiger partial charge in [-0.15, -0.1) is 0 Å². The highest BCUT2D eigenvalue weighted by atomic mass is 35.5. The van der Waals surface area contributed by atoms with Crippen LogP contribution in [0.15, 0.2) is 27.6 Å². The van der Waals surface area contributed by atoms with Gasteiger partial charge in [-0.2, -0.15) is 9.29 Å². The molecule has 1 N–H and O–H groups in total. The molecule has 0 bridgehead atoms. The van der Waals surface area contributed by atoms with Crippen LogP contribution in [-0.4, -0.2) is 41.9 Å². The van der Waals surface area contributed by atoms with E-state index >= 15 is 0 Å². The SMILES string of the molecule is Cc1nc(C2(NC(=O)C3CCN(S(=O)(=O)c4ccc(F)c(Cl)c4)CC3)CCCCC2)no1. The number of hydrogen-bond donors (Lipinski definition) is 1. The highest BCUT2D eigenvalue weighted by Crippen LogP contribution is 2.36. The lowest BCUT2D eigenvalue weighted by atomic mass is 9.80. The van der Waals surface area contributed by atoms with Crippen LogP contribution in [0.1, 0.15) is 56.7 Å². The number of hydrogen-bond acceptors (Lipinski definition) is 6. The van der Waals surface area contributed by atoms with E-state index in [1.165, 1.54) is 10.4 Å². The van der Waals surface area contributed by atoms with Gasteiger partial charge in [-0.3, -0.25) is 4.79 Å². The highest BCUT2D eigenvalue weighted by molar-refractivity contribution is 7.89. The Morgan fingerprint density at radius 1 is 1.25 bits per heavy atom. The maximum atomic E-state index is 13.4. The van der Waals surface area contributed by atoms with Crippen molar-refractivity contribution >= 4 is 27.5 Å². The Balaban J connectivity index is 1.43. The van der Waals surface area contributed by atoms with E-state index in [4.69, 9.17) is 16.1 Å². The van der Waals surface area contributed by atoms with E-state index in [9.17, 15) is 17.6 Å². The smallest absolute Gasteiger partial charge is 0.243 e. The molecule has 174 valence electrons. The quantitative estimate of drug-likeness (QED) is 0.695. The molecule has 1 aliphatic heterocycles. The van der Waals surface area contributed by atoms with Crippen molar-refractivity contribution in [3.63, 3.8) is 0 Å². The second kappa shape index (κ2) is 9.07. The Bertz CT molecular complexity index is 1090. The van der Waals surface area contributed by atoms with Crippen molar-refractivity contribution < 1.29 is 22.1 Å². The molecule has 1 saturated heterocycles. The molecule has 0 spiro atoms. The van der Waals surface area contributed by atoms with Crippen LogP contribution in [0.4, 0.5) is 4.39 Å². The number of nitrogens with one attached hydrogen (secondary N) is 1. The number of carbonyl (C=O) groups excluding carboxylic acids is 1. The minimum atomic E-state index is -3.81. The molecule has 0 unspecified atom stereocenters. The molecule has 1 saturated carbocycles. The van der Waals surface area contributed by atoms with Crippen LogP contribution < -0.4 is 5.32 Å². The van der Waals surface area contributed by atoms with E-state index in [0.29, 0.717) is 24.6 Å². The summed E-state index contributed by atoms with van der Waals surface area (Å²) in [5.74, 6) is -0.134. The highest BCUT2D eigenvalue weighted by Gasteiger charge is 2.42. The van der Waals surface area contributed by atoms with E-state index < -0.39 is 21.4 Å². The summed E-state index contributed by atoms with van der Waals surface area (Å²) in [5, 5.41) is 7.01. The van der Waals surface area contributed by atoms with Crippen LogP contribution in [-0.2, 0) is 20.4 Å². The lowest BCUT2D eigenvalue weighted by molar-refractivity contribution is -0.129. The zero-order valence-electron chi connectivity index (χ0n) is 17.8. The number of carbonyl (C=O) groups is 1. The van der Waals surface area contributed by atoms with Crippen molar-refractivity contribution in [1.82, 2.24) is 19.8 Å². The minimum absolute atomic E-state index is 0.0552. The fraction of sp³-hybridized carbons (Fsp3) is 0.571. The van der Waals surface area contributed by atoms with Gasteiger partial charge >= 0.3 is 0 Å². The molecular weight excluding hydrogens is 459 g/mol. The number of benzene rings is 1.